The number of fused-ring (bicyclic) bond motifs is 1. The molecule has 1 amide bonds. The van der Waals surface area contributed by atoms with Crippen molar-refractivity contribution in [2.45, 2.75) is 117 Å². The summed E-state index contributed by atoms with van der Waals surface area (Å²) in [5, 5.41) is 15.5. The largest absolute Gasteiger partial charge is 1.00 e. The molecule has 0 fully saturated rings. The minimum absolute atomic E-state index is 0. The molecule has 47 heavy (non-hydrogen) atoms. The van der Waals surface area contributed by atoms with Crippen LogP contribution in [0.5, 0.6) is 0 Å². The van der Waals surface area contributed by atoms with E-state index in [9.17, 15) is 18.3 Å². The number of benzene rings is 2. The van der Waals surface area contributed by atoms with E-state index in [1.54, 1.807) is 6.07 Å². The molecular formula is C38H64ClN3O4S. The van der Waals surface area contributed by atoms with Crippen molar-refractivity contribution in [2.24, 2.45) is 5.41 Å². The summed E-state index contributed by atoms with van der Waals surface area (Å²) in [5.41, 5.74) is 2.25. The number of hydrogen-bond acceptors (Lipinski definition) is 5. The first-order valence-corrected chi connectivity index (χ1v) is 19.0. The van der Waals surface area contributed by atoms with Crippen LogP contribution in [0, 0.1) is 5.41 Å². The van der Waals surface area contributed by atoms with Gasteiger partial charge in [-0.25, -0.2) is 8.42 Å². The number of hydrogen-bond donors (Lipinski definition) is 2. The lowest BCUT2D eigenvalue weighted by atomic mass is 9.68. The van der Waals surface area contributed by atoms with Crippen molar-refractivity contribution in [1.82, 2.24) is 0 Å². The molecule has 3 rings (SSSR count). The van der Waals surface area contributed by atoms with Gasteiger partial charge in [0, 0.05) is 43.2 Å². The number of aliphatic hydroxyl groups is 1. The Balaban J connectivity index is 0.00000552. The van der Waals surface area contributed by atoms with Crippen LogP contribution in [-0.2, 0) is 14.6 Å². The third kappa shape index (κ3) is 10.4. The number of carbonyl (C=O) groups excluding carboxylic acids is 1. The molecule has 1 aliphatic rings. The Kier molecular flexibility index (Phi) is 17.5. The quantitative estimate of drug-likeness (QED) is 0.180. The van der Waals surface area contributed by atoms with Gasteiger partial charge in [0.05, 0.1) is 42.9 Å². The zero-order valence-electron chi connectivity index (χ0n) is 29.4. The summed E-state index contributed by atoms with van der Waals surface area (Å²) in [5.74, 6) is -0.628. The molecule has 9 heteroatoms. The van der Waals surface area contributed by atoms with Gasteiger partial charge in [-0.3, -0.25) is 4.79 Å². The predicted molar refractivity (Wildman–Crippen MR) is 195 cm³/mol. The van der Waals surface area contributed by atoms with Crippen molar-refractivity contribution in [3.8, 4) is 0 Å². The minimum atomic E-state index is -3.67. The number of sulfone groups is 1. The van der Waals surface area contributed by atoms with E-state index < -0.39 is 27.3 Å². The summed E-state index contributed by atoms with van der Waals surface area (Å²) >= 11 is 0. The van der Waals surface area contributed by atoms with Crippen LogP contribution in [-0.4, -0.2) is 76.0 Å². The normalized spacial score (nSPS) is 18.2. The second kappa shape index (κ2) is 19.2. The Hall–Kier alpha value is -2.13. The van der Waals surface area contributed by atoms with Gasteiger partial charge in [0.15, 0.2) is 9.84 Å². The maximum atomic E-state index is 14.1. The van der Waals surface area contributed by atoms with Crippen LogP contribution in [0.4, 0.5) is 11.4 Å². The molecule has 2 atom stereocenters. The van der Waals surface area contributed by atoms with Gasteiger partial charge in [0.25, 0.3) is 0 Å². The van der Waals surface area contributed by atoms with E-state index in [1.165, 1.54) is 0 Å². The number of anilines is 2. The number of quaternary nitrogens is 1. The van der Waals surface area contributed by atoms with Crippen molar-refractivity contribution in [1.29, 1.82) is 0 Å². The maximum Gasteiger partial charge on any atom is 0.224 e. The van der Waals surface area contributed by atoms with E-state index in [2.05, 4.69) is 39.9 Å². The molecule has 268 valence electrons. The molecule has 0 saturated carbocycles. The molecule has 0 saturated heterocycles. The Morgan fingerprint density at radius 1 is 0.936 bits per heavy atom. The lowest BCUT2D eigenvalue weighted by Crippen LogP contribution is -3.00. The first-order valence-electron chi connectivity index (χ1n) is 17.4. The van der Waals surface area contributed by atoms with Gasteiger partial charge in [0.1, 0.15) is 0 Å². The number of carbonyl (C=O) groups is 1. The predicted octanol–water partition coefficient (Wildman–Crippen LogP) is 5.02. The topological polar surface area (TPSA) is 86.7 Å². The number of halogens is 1. The lowest BCUT2D eigenvalue weighted by Gasteiger charge is -2.40. The second-order valence-electron chi connectivity index (χ2n) is 13.5. The molecule has 1 heterocycles. The Morgan fingerprint density at radius 2 is 1.55 bits per heavy atom. The van der Waals surface area contributed by atoms with Crippen LogP contribution in [0.3, 0.4) is 0 Å². The highest BCUT2D eigenvalue weighted by molar-refractivity contribution is 7.91. The molecule has 2 aromatic carbocycles. The SMILES string of the molecule is C.CCCCC1(CCCC)CS(=O)(=O)c2ccc(N(C)C)cc2[C@@H](c2cccc(NC(=O)CCCC[N+](CC)(CC)CC)c2)[C@H]1O.[Cl-]. The molecule has 0 spiro atoms. The van der Waals surface area contributed by atoms with Crippen LogP contribution in [0.25, 0.3) is 0 Å². The summed E-state index contributed by atoms with van der Waals surface area (Å²) in [6, 6.07) is 13.2. The van der Waals surface area contributed by atoms with E-state index >= 15 is 0 Å². The van der Waals surface area contributed by atoms with Crippen LogP contribution in [0.2, 0.25) is 0 Å². The summed E-state index contributed by atoms with van der Waals surface area (Å²) in [4.78, 5) is 15.3. The van der Waals surface area contributed by atoms with Gasteiger partial charge >= 0.3 is 0 Å². The van der Waals surface area contributed by atoms with Gasteiger partial charge in [-0.1, -0.05) is 59.1 Å². The summed E-state index contributed by atoms with van der Waals surface area (Å²) < 4.78 is 29.3. The van der Waals surface area contributed by atoms with Gasteiger partial charge in [-0.2, -0.15) is 0 Å². The maximum absolute atomic E-state index is 14.1. The highest BCUT2D eigenvalue weighted by Crippen LogP contribution is 2.50. The molecular weight excluding hydrogens is 630 g/mol. The van der Waals surface area contributed by atoms with Gasteiger partial charge in [-0.15, -0.1) is 0 Å². The van der Waals surface area contributed by atoms with Crippen molar-refractivity contribution >= 4 is 27.1 Å². The summed E-state index contributed by atoms with van der Waals surface area (Å²) in [6.07, 6.45) is 6.28. The molecule has 0 aromatic heterocycles. The smallest absolute Gasteiger partial charge is 0.224 e. The fourth-order valence-corrected chi connectivity index (χ4v) is 9.49. The van der Waals surface area contributed by atoms with Crippen LogP contribution < -0.4 is 22.6 Å². The standard InChI is InChI=1S/C37H59N3O4S.CH4.ClH/c1-8-13-23-37(24-14-9-2)28-45(43,44)33-22-21-31(39(6)7)27-32(33)35(36(37)42)29-18-17-19-30(26-29)38-34(41)20-15-16-25-40(10-3,11-4)12-5;;/h17-19,21-22,26-27,35-36,42H,8-16,20,23-25,28H2,1-7H3;1H4;1H/t35-,36-;;/m1../s1. The highest BCUT2D eigenvalue weighted by Gasteiger charge is 2.49. The van der Waals surface area contributed by atoms with Gasteiger partial charge in [0.2, 0.25) is 5.91 Å². The van der Waals surface area contributed by atoms with Crippen LogP contribution >= 0.6 is 0 Å². The third-order valence-electron chi connectivity index (χ3n) is 10.5. The molecule has 7 nitrogen and oxygen atoms in total. The van der Waals surface area contributed by atoms with Crippen molar-refractivity contribution < 1.29 is 35.2 Å². The number of aliphatic hydroxyl groups excluding tert-OH is 1. The Labute approximate surface area is 293 Å². The summed E-state index contributed by atoms with van der Waals surface area (Å²) in [7, 11) is 0.204. The zero-order valence-corrected chi connectivity index (χ0v) is 31.0. The number of nitrogens with one attached hydrogen (secondary N) is 1. The van der Waals surface area contributed by atoms with Gasteiger partial charge < -0.3 is 32.2 Å². The van der Waals surface area contributed by atoms with E-state index in [0.717, 1.165) is 80.4 Å². The number of rotatable bonds is 17. The van der Waals surface area contributed by atoms with Crippen LogP contribution in [0.1, 0.15) is 117 Å². The average Bonchev–Trinajstić information content (AvgIpc) is 3.09. The highest BCUT2D eigenvalue weighted by atomic mass is 35.5. The Morgan fingerprint density at radius 3 is 2.11 bits per heavy atom. The van der Waals surface area contributed by atoms with E-state index in [0.29, 0.717) is 35.4 Å². The molecule has 0 radical (unpaired) electrons. The average molecular weight is 694 g/mol. The summed E-state index contributed by atoms with van der Waals surface area (Å²) in [6.45, 7) is 15.4. The molecule has 0 aliphatic carbocycles. The van der Waals surface area contributed by atoms with Crippen molar-refractivity contribution in [3.63, 3.8) is 0 Å². The number of unbranched alkanes of at least 4 members (excludes halogenated alkanes) is 3. The first kappa shape index (κ1) is 42.9. The molecule has 0 unspecified atom stereocenters. The monoisotopic (exact) mass is 693 g/mol. The fourth-order valence-electron chi connectivity index (χ4n) is 7.30. The van der Waals surface area contributed by atoms with E-state index in [-0.39, 0.29) is 31.5 Å². The van der Waals surface area contributed by atoms with Crippen LogP contribution in [0.15, 0.2) is 47.4 Å². The van der Waals surface area contributed by atoms with E-state index in [4.69, 9.17) is 0 Å². The molecule has 2 aromatic rings. The molecule has 2 N–H and O–H groups in total. The second-order valence-corrected chi connectivity index (χ2v) is 15.5. The van der Waals surface area contributed by atoms with E-state index in [1.807, 2.05) is 55.4 Å². The number of amides is 1. The van der Waals surface area contributed by atoms with Gasteiger partial charge in [-0.05, 0) is 87.9 Å². The Bertz CT molecular complexity index is 1340. The third-order valence-corrected chi connectivity index (χ3v) is 12.5. The van der Waals surface area contributed by atoms with Crippen molar-refractivity contribution in [2.75, 3.05) is 56.2 Å². The zero-order chi connectivity index (χ0) is 33.3. The first-order chi connectivity index (χ1) is 21.4. The fraction of sp³-hybridized carbons (Fsp3) is 0.658. The molecule has 0 bridgehead atoms. The van der Waals surface area contributed by atoms with Crippen molar-refractivity contribution in [3.05, 3.63) is 53.6 Å². The molecule has 1 aliphatic heterocycles. The minimum Gasteiger partial charge on any atom is -1.00 e. The number of nitrogens with zero attached hydrogens (tertiary/aromatic N) is 2. The lowest BCUT2D eigenvalue weighted by molar-refractivity contribution is -0.923.